The molecule has 3 nitrogen and oxygen atoms in total. The molecule has 1 aromatic rings. The fourth-order valence-corrected chi connectivity index (χ4v) is 2.11. The predicted octanol–water partition coefficient (Wildman–Crippen LogP) is 3.71. The summed E-state index contributed by atoms with van der Waals surface area (Å²) in [5.74, 6) is -0.717. The molecule has 0 saturated carbocycles. The van der Waals surface area contributed by atoms with Crippen LogP contribution in [0.4, 0.5) is 5.69 Å². The van der Waals surface area contributed by atoms with Gasteiger partial charge in [-0.25, -0.2) is 0 Å². The summed E-state index contributed by atoms with van der Waals surface area (Å²) in [5, 5.41) is 9.10. The van der Waals surface area contributed by atoms with E-state index in [2.05, 4.69) is 43.0 Å². The minimum absolute atomic E-state index is 0.633. The van der Waals surface area contributed by atoms with Gasteiger partial charge in [0.15, 0.2) is 0 Å². The largest absolute Gasteiger partial charge is 0.481 e. The molecule has 3 heteroatoms. The van der Waals surface area contributed by atoms with Crippen LogP contribution >= 0.6 is 0 Å². The SMILES string of the molecule is CCN(CCCC(C)(C)C(=O)O)c1cccc(C)c1. The summed E-state index contributed by atoms with van der Waals surface area (Å²) in [4.78, 5) is 13.4. The normalized spacial score (nSPS) is 11.4. The van der Waals surface area contributed by atoms with Crippen LogP contribution in [-0.2, 0) is 4.79 Å². The number of carboxylic acid groups (broad SMARTS) is 1. The molecule has 1 rings (SSSR count). The highest BCUT2D eigenvalue weighted by Gasteiger charge is 2.26. The standard InChI is InChI=1S/C16H25NO2/c1-5-17(14-9-6-8-13(2)12-14)11-7-10-16(3,4)15(18)19/h6,8-9,12H,5,7,10-11H2,1-4H3,(H,18,19). The number of hydrogen-bond acceptors (Lipinski definition) is 2. The van der Waals surface area contributed by atoms with E-state index >= 15 is 0 Å². The Morgan fingerprint density at radius 1 is 1.37 bits per heavy atom. The van der Waals surface area contributed by atoms with Gasteiger partial charge in [0.2, 0.25) is 0 Å². The molecule has 0 aliphatic rings. The lowest BCUT2D eigenvalue weighted by molar-refractivity contribution is -0.147. The van der Waals surface area contributed by atoms with Crippen LogP contribution in [0.3, 0.4) is 0 Å². The molecule has 106 valence electrons. The maximum absolute atomic E-state index is 11.1. The Morgan fingerprint density at radius 3 is 2.58 bits per heavy atom. The van der Waals surface area contributed by atoms with Crippen molar-refractivity contribution in [1.82, 2.24) is 0 Å². The van der Waals surface area contributed by atoms with Crippen molar-refractivity contribution in [3.05, 3.63) is 29.8 Å². The zero-order valence-electron chi connectivity index (χ0n) is 12.4. The Labute approximate surface area is 116 Å². The second-order valence-corrected chi connectivity index (χ2v) is 5.71. The molecule has 0 amide bonds. The second kappa shape index (κ2) is 6.60. The predicted molar refractivity (Wildman–Crippen MR) is 79.7 cm³/mol. The Hall–Kier alpha value is -1.51. The molecule has 0 heterocycles. The number of aliphatic carboxylic acids is 1. The zero-order valence-corrected chi connectivity index (χ0v) is 12.4. The molecule has 19 heavy (non-hydrogen) atoms. The van der Waals surface area contributed by atoms with E-state index in [1.807, 2.05) is 0 Å². The molecule has 0 aliphatic heterocycles. The monoisotopic (exact) mass is 263 g/mol. The zero-order chi connectivity index (χ0) is 14.5. The number of benzene rings is 1. The van der Waals surface area contributed by atoms with Gasteiger partial charge in [-0.2, -0.15) is 0 Å². The molecule has 0 aliphatic carbocycles. The van der Waals surface area contributed by atoms with Gasteiger partial charge in [-0.05, 0) is 58.2 Å². The van der Waals surface area contributed by atoms with Gasteiger partial charge in [-0.15, -0.1) is 0 Å². The minimum atomic E-state index is -0.717. The Bertz CT molecular complexity index is 427. The first kappa shape index (κ1) is 15.5. The number of nitrogens with zero attached hydrogens (tertiary/aromatic N) is 1. The molecule has 0 spiro atoms. The lowest BCUT2D eigenvalue weighted by atomic mass is 9.88. The first-order valence-corrected chi connectivity index (χ1v) is 6.92. The van der Waals surface area contributed by atoms with Crippen LogP contribution in [0.5, 0.6) is 0 Å². The van der Waals surface area contributed by atoms with Crippen molar-refractivity contribution in [2.75, 3.05) is 18.0 Å². The summed E-state index contributed by atoms with van der Waals surface area (Å²) in [7, 11) is 0. The van der Waals surface area contributed by atoms with Crippen molar-refractivity contribution in [3.63, 3.8) is 0 Å². The molecule has 0 atom stereocenters. The molecule has 0 unspecified atom stereocenters. The smallest absolute Gasteiger partial charge is 0.309 e. The average Bonchev–Trinajstić information content (AvgIpc) is 2.34. The fraction of sp³-hybridized carbons (Fsp3) is 0.562. The third-order valence-electron chi connectivity index (χ3n) is 3.56. The lowest BCUT2D eigenvalue weighted by Gasteiger charge is -2.26. The number of anilines is 1. The van der Waals surface area contributed by atoms with Gasteiger partial charge in [0, 0.05) is 18.8 Å². The maximum Gasteiger partial charge on any atom is 0.309 e. The van der Waals surface area contributed by atoms with E-state index < -0.39 is 11.4 Å². The number of carboxylic acids is 1. The van der Waals surface area contributed by atoms with Crippen LogP contribution < -0.4 is 4.90 Å². The van der Waals surface area contributed by atoms with E-state index in [0.29, 0.717) is 6.42 Å². The van der Waals surface area contributed by atoms with Crippen LogP contribution in [0.15, 0.2) is 24.3 Å². The Kier molecular flexibility index (Phi) is 5.40. The van der Waals surface area contributed by atoms with Crippen molar-refractivity contribution >= 4 is 11.7 Å². The molecule has 1 aromatic carbocycles. The van der Waals surface area contributed by atoms with Gasteiger partial charge in [0.1, 0.15) is 0 Å². The molecular weight excluding hydrogens is 238 g/mol. The quantitative estimate of drug-likeness (QED) is 0.815. The topological polar surface area (TPSA) is 40.5 Å². The van der Waals surface area contributed by atoms with E-state index in [4.69, 9.17) is 5.11 Å². The second-order valence-electron chi connectivity index (χ2n) is 5.71. The van der Waals surface area contributed by atoms with E-state index in [9.17, 15) is 4.79 Å². The molecule has 1 N–H and O–H groups in total. The van der Waals surface area contributed by atoms with Gasteiger partial charge in [0.05, 0.1) is 5.41 Å². The van der Waals surface area contributed by atoms with Crippen molar-refractivity contribution in [2.45, 2.75) is 40.5 Å². The van der Waals surface area contributed by atoms with Gasteiger partial charge in [-0.3, -0.25) is 4.79 Å². The molecule has 0 bridgehead atoms. The third kappa shape index (κ3) is 4.58. The minimum Gasteiger partial charge on any atom is -0.481 e. The molecular formula is C16H25NO2. The van der Waals surface area contributed by atoms with Gasteiger partial charge in [0.25, 0.3) is 0 Å². The first-order valence-electron chi connectivity index (χ1n) is 6.92. The van der Waals surface area contributed by atoms with Crippen molar-refractivity contribution in [1.29, 1.82) is 0 Å². The van der Waals surface area contributed by atoms with Crippen molar-refractivity contribution in [3.8, 4) is 0 Å². The fourth-order valence-electron chi connectivity index (χ4n) is 2.11. The molecule has 0 saturated heterocycles. The lowest BCUT2D eigenvalue weighted by Crippen LogP contribution is -2.28. The molecule has 0 fully saturated rings. The summed E-state index contributed by atoms with van der Waals surface area (Å²) in [5.41, 5.74) is 1.84. The highest BCUT2D eigenvalue weighted by Crippen LogP contribution is 2.23. The van der Waals surface area contributed by atoms with Crippen LogP contribution in [-0.4, -0.2) is 24.2 Å². The number of hydrogen-bond donors (Lipinski definition) is 1. The number of rotatable bonds is 7. The van der Waals surface area contributed by atoms with E-state index in [1.165, 1.54) is 11.3 Å². The summed E-state index contributed by atoms with van der Waals surface area (Å²) in [6.45, 7) is 9.64. The van der Waals surface area contributed by atoms with Gasteiger partial charge < -0.3 is 10.0 Å². The summed E-state index contributed by atoms with van der Waals surface area (Å²) >= 11 is 0. The van der Waals surface area contributed by atoms with Gasteiger partial charge >= 0.3 is 5.97 Å². The Balaban J connectivity index is 2.57. The van der Waals surface area contributed by atoms with E-state index in [0.717, 1.165) is 19.5 Å². The van der Waals surface area contributed by atoms with E-state index in [1.54, 1.807) is 13.8 Å². The van der Waals surface area contributed by atoms with Crippen LogP contribution in [0, 0.1) is 12.3 Å². The van der Waals surface area contributed by atoms with Crippen LogP contribution in [0.1, 0.15) is 39.2 Å². The summed E-state index contributed by atoms with van der Waals surface area (Å²) in [6, 6.07) is 8.43. The van der Waals surface area contributed by atoms with E-state index in [-0.39, 0.29) is 0 Å². The number of aryl methyl sites for hydroxylation is 1. The third-order valence-corrected chi connectivity index (χ3v) is 3.56. The summed E-state index contributed by atoms with van der Waals surface area (Å²) < 4.78 is 0. The van der Waals surface area contributed by atoms with Gasteiger partial charge in [-0.1, -0.05) is 12.1 Å². The highest BCUT2D eigenvalue weighted by molar-refractivity contribution is 5.73. The van der Waals surface area contributed by atoms with Crippen LogP contribution in [0.25, 0.3) is 0 Å². The molecule has 0 aromatic heterocycles. The average molecular weight is 263 g/mol. The Morgan fingerprint density at radius 2 is 2.05 bits per heavy atom. The van der Waals surface area contributed by atoms with Crippen molar-refractivity contribution in [2.24, 2.45) is 5.41 Å². The van der Waals surface area contributed by atoms with Crippen LogP contribution in [0.2, 0.25) is 0 Å². The maximum atomic E-state index is 11.1. The highest BCUT2D eigenvalue weighted by atomic mass is 16.4. The summed E-state index contributed by atoms with van der Waals surface area (Å²) in [6.07, 6.45) is 1.59. The van der Waals surface area contributed by atoms with Crippen molar-refractivity contribution < 1.29 is 9.90 Å². The molecule has 0 radical (unpaired) electrons. The number of carbonyl (C=O) groups is 1. The first-order chi connectivity index (χ1) is 8.86.